The molecule has 10 heteroatoms. The highest BCUT2D eigenvalue weighted by molar-refractivity contribution is 7.88. The van der Waals surface area contributed by atoms with Crippen molar-refractivity contribution in [3.63, 3.8) is 0 Å². The molecule has 1 heterocycles. The number of phenolic OH excluding ortho intramolecular Hbond substituents is 1. The van der Waals surface area contributed by atoms with Crippen LogP contribution >= 0.6 is 0 Å². The number of nitrogens with zero attached hydrogens (tertiary/aromatic N) is 2. The summed E-state index contributed by atoms with van der Waals surface area (Å²) in [6, 6.07) is 11.7. The van der Waals surface area contributed by atoms with E-state index in [4.69, 9.17) is 0 Å². The molecule has 32 heavy (non-hydrogen) atoms. The lowest BCUT2D eigenvalue weighted by Crippen LogP contribution is -2.29. The highest BCUT2D eigenvalue weighted by atomic mass is 32.2. The van der Waals surface area contributed by atoms with E-state index >= 15 is 0 Å². The number of aromatic hydroxyl groups is 1. The summed E-state index contributed by atoms with van der Waals surface area (Å²) in [5.41, 5.74) is -4.90. The molecule has 0 radical (unpaired) electrons. The number of rotatable bonds is 3. The van der Waals surface area contributed by atoms with Crippen LogP contribution in [0.25, 0.3) is 21.9 Å². The van der Waals surface area contributed by atoms with Crippen LogP contribution in [0.4, 0.5) is 13.2 Å². The molecule has 0 spiro atoms. The van der Waals surface area contributed by atoms with E-state index in [2.05, 4.69) is 9.17 Å². The van der Waals surface area contributed by atoms with Gasteiger partial charge in [-0.3, -0.25) is 0 Å². The zero-order valence-corrected chi connectivity index (χ0v) is 17.8. The van der Waals surface area contributed by atoms with E-state index < -0.39 is 27.1 Å². The van der Waals surface area contributed by atoms with Crippen molar-refractivity contribution in [1.29, 1.82) is 5.26 Å². The van der Waals surface area contributed by atoms with Gasteiger partial charge in [0, 0.05) is 11.3 Å². The van der Waals surface area contributed by atoms with Gasteiger partial charge < -0.3 is 9.29 Å². The topological polar surface area (TPSA) is 100 Å². The van der Waals surface area contributed by atoms with E-state index in [0.29, 0.717) is 40.4 Å². The summed E-state index contributed by atoms with van der Waals surface area (Å²) in [5, 5.41) is 21.4. The monoisotopic (exact) mass is 462 g/mol. The average molecular weight is 462 g/mol. The Hall–Kier alpha value is -3.32. The van der Waals surface area contributed by atoms with Gasteiger partial charge in [0.25, 0.3) is 5.88 Å². The maximum atomic E-state index is 13.0. The molecule has 3 aromatic rings. The summed E-state index contributed by atoms with van der Waals surface area (Å²) >= 11 is 0. The van der Waals surface area contributed by atoms with Gasteiger partial charge in [-0.15, -0.1) is 0 Å². The second-order valence-corrected chi connectivity index (χ2v) is 9.96. The van der Waals surface area contributed by atoms with E-state index in [1.54, 1.807) is 30.3 Å². The fourth-order valence-electron chi connectivity index (χ4n) is 4.09. The lowest BCUT2D eigenvalue weighted by molar-refractivity contribution is -0.0501. The second-order valence-electron chi connectivity index (χ2n) is 8.42. The zero-order valence-electron chi connectivity index (χ0n) is 17.0. The standard InChI is InChI=1S/C22H17F3N2O4S/c1-21(2)9-16-18(10-21)27-20(31-32(29,30)22(23,24)25)17(11-26)19(16)15-8-13(28)7-12-5-3-4-6-14(12)15/h3-8,28H,9-10H2,1-2H3. The Balaban J connectivity index is 2.08. The Morgan fingerprint density at radius 2 is 1.88 bits per heavy atom. The zero-order chi connectivity index (χ0) is 23.5. The van der Waals surface area contributed by atoms with Crippen LogP contribution in [0.5, 0.6) is 11.6 Å². The van der Waals surface area contributed by atoms with Gasteiger partial charge >= 0.3 is 15.6 Å². The number of nitriles is 1. The molecule has 1 aliphatic rings. The molecule has 2 aromatic carbocycles. The van der Waals surface area contributed by atoms with Crippen LogP contribution in [0.1, 0.15) is 30.7 Å². The quantitative estimate of drug-likeness (QED) is 0.442. The van der Waals surface area contributed by atoms with Crippen molar-refractivity contribution in [2.45, 2.75) is 32.2 Å². The minimum atomic E-state index is -6.04. The molecule has 1 aromatic heterocycles. The highest BCUT2D eigenvalue weighted by Gasteiger charge is 2.49. The third-order valence-electron chi connectivity index (χ3n) is 5.35. The summed E-state index contributed by atoms with van der Waals surface area (Å²) in [6.07, 6.45) is 0.801. The van der Waals surface area contributed by atoms with E-state index in [1.807, 2.05) is 13.8 Å². The van der Waals surface area contributed by atoms with Crippen LogP contribution in [0.15, 0.2) is 36.4 Å². The number of halogens is 3. The lowest BCUT2D eigenvalue weighted by atomic mass is 9.87. The van der Waals surface area contributed by atoms with Gasteiger partial charge in [-0.1, -0.05) is 38.1 Å². The molecule has 0 saturated carbocycles. The number of hydrogen-bond donors (Lipinski definition) is 1. The third-order valence-corrected chi connectivity index (χ3v) is 6.30. The summed E-state index contributed by atoms with van der Waals surface area (Å²) in [5.74, 6) is -1.04. The van der Waals surface area contributed by atoms with Crippen molar-refractivity contribution in [3.05, 3.63) is 53.2 Å². The normalized spacial score (nSPS) is 15.4. The maximum Gasteiger partial charge on any atom is 0.534 e. The molecule has 166 valence electrons. The molecule has 0 atom stereocenters. The maximum absolute atomic E-state index is 13.0. The molecule has 4 rings (SSSR count). The first kappa shape index (κ1) is 21.9. The average Bonchev–Trinajstić information content (AvgIpc) is 2.98. The molecule has 1 N–H and O–H groups in total. The highest BCUT2D eigenvalue weighted by Crippen LogP contribution is 2.46. The molecule has 1 aliphatic carbocycles. The molecular weight excluding hydrogens is 445 g/mol. The fourth-order valence-corrected chi connectivity index (χ4v) is 4.52. The van der Waals surface area contributed by atoms with E-state index in [0.717, 1.165) is 0 Å². The molecule has 0 unspecified atom stereocenters. The van der Waals surface area contributed by atoms with E-state index in [1.165, 1.54) is 12.1 Å². The van der Waals surface area contributed by atoms with Gasteiger partial charge in [-0.25, -0.2) is 4.98 Å². The number of aromatic nitrogens is 1. The number of hydrogen-bond acceptors (Lipinski definition) is 6. The van der Waals surface area contributed by atoms with Crippen molar-refractivity contribution < 1.29 is 30.9 Å². The summed E-state index contributed by atoms with van der Waals surface area (Å²) in [4.78, 5) is 4.02. The van der Waals surface area contributed by atoms with Crippen LogP contribution in [-0.2, 0) is 23.0 Å². The predicted octanol–water partition coefficient (Wildman–Crippen LogP) is 4.83. The lowest BCUT2D eigenvalue weighted by Gasteiger charge is -2.18. The van der Waals surface area contributed by atoms with Crippen molar-refractivity contribution in [2.75, 3.05) is 0 Å². The van der Waals surface area contributed by atoms with Crippen molar-refractivity contribution in [3.8, 4) is 28.8 Å². The fraction of sp³-hybridized carbons (Fsp3) is 0.273. The number of phenols is 1. The number of fused-ring (bicyclic) bond motifs is 2. The van der Waals surface area contributed by atoms with E-state index in [9.17, 15) is 32.0 Å². The number of pyridine rings is 1. The number of benzene rings is 2. The largest absolute Gasteiger partial charge is 0.534 e. The first-order chi connectivity index (χ1) is 14.8. The Morgan fingerprint density at radius 3 is 2.53 bits per heavy atom. The number of alkyl halides is 3. The van der Waals surface area contributed by atoms with Gasteiger partial charge in [-0.05, 0) is 52.3 Å². The van der Waals surface area contributed by atoms with Crippen molar-refractivity contribution >= 4 is 20.9 Å². The summed E-state index contributed by atoms with van der Waals surface area (Å²) < 4.78 is 66.7. The van der Waals surface area contributed by atoms with Gasteiger partial charge in [0.2, 0.25) is 0 Å². The Kier molecular flexibility index (Phi) is 4.86. The van der Waals surface area contributed by atoms with Crippen molar-refractivity contribution in [1.82, 2.24) is 4.98 Å². The Morgan fingerprint density at radius 1 is 1.19 bits per heavy atom. The SMILES string of the molecule is CC1(C)Cc2nc(OS(=O)(=O)C(F)(F)F)c(C#N)c(-c3cc(O)cc4ccccc34)c2C1. The van der Waals surface area contributed by atoms with Crippen LogP contribution < -0.4 is 4.18 Å². The van der Waals surface area contributed by atoms with Gasteiger partial charge in [0.1, 0.15) is 17.4 Å². The first-order valence-electron chi connectivity index (χ1n) is 9.52. The van der Waals surface area contributed by atoms with Crippen LogP contribution in [0.2, 0.25) is 0 Å². The smallest absolute Gasteiger partial charge is 0.508 e. The molecular formula is C22H17F3N2O4S. The van der Waals surface area contributed by atoms with Crippen LogP contribution in [0, 0.1) is 16.7 Å². The molecule has 6 nitrogen and oxygen atoms in total. The van der Waals surface area contributed by atoms with Crippen LogP contribution in [-0.4, -0.2) is 24.0 Å². The molecule has 0 fully saturated rings. The summed E-state index contributed by atoms with van der Waals surface area (Å²) in [6.45, 7) is 3.86. The van der Waals surface area contributed by atoms with Gasteiger partial charge in [-0.2, -0.15) is 26.9 Å². The Bertz CT molecular complexity index is 1410. The minimum absolute atomic E-state index is 0.115. The van der Waals surface area contributed by atoms with Crippen molar-refractivity contribution in [2.24, 2.45) is 5.41 Å². The first-order valence-corrected chi connectivity index (χ1v) is 10.9. The second kappa shape index (κ2) is 7.10. The minimum Gasteiger partial charge on any atom is -0.508 e. The predicted molar refractivity (Wildman–Crippen MR) is 110 cm³/mol. The van der Waals surface area contributed by atoms with Gasteiger partial charge in [0.15, 0.2) is 0 Å². The molecule has 0 aliphatic heterocycles. The van der Waals surface area contributed by atoms with Crippen LogP contribution in [0.3, 0.4) is 0 Å². The molecule has 0 saturated heterocycles. The van der Waals surface area contributed by atoms with Gasteiger partial charge in [0.05, 0.1) is 0 Å². The third kappa shape index (κ3) is 3.62. The Labute approximate surface area is 182 Å². The van der Waals surface area contributed by atoms with E-state index in [-0.39, 0.29) is 16.7 Å². The molecule has 0 bridgehead atoms. The molecule has 0 amide bonds. The summed E-state index contributed by atoms with van der Waals surface area (Å²) in [7, 11) is -6.04.